The molecule has 0 aliphatic carbocycles. The third kappa shape index (κ3) is 4.02. The van der Waals surface area contributed by atoms with Crippen LogP contribution in [0.2, 0.25) is 0 Å². The van der Waals surface area contributed by atoms with Gasteiger partial charge in [0, 0.05) is 6.54 Å². The first-order valence-corrected chi connectivity index (χ1v) is 6.67. The lowest BCUT2D eigenvalue weighted by molar-refractivity contribution is -0.150. The van der Waals surface area contributed by atoms with Gasteiger partial charge in [-0.3, -0.25) is 9.48 Å². The molecule has 0 amide bonds. The summed E-state index contributed by atoms with van der Waals surface area (Å²) in [7, 11) is 1.78. The van der Waals surface area contributed by atoms with Crippen molar-refractivity contribution >= 4 is 5.97 Å². The molecule has 0 aromatic carbocycles. The van der Waals surface area contributed by atoms with Crippen molar-refractivity contribution in [1.82, 2.24) is 20.1 Å². The number of hydrogen-bond acceptors (Lipinski definition) is 5. The molecular formula is C13H24N4O2. The molecular weight excluding hydrogens is 244 g/mol. The van der Waals surface area contributed by atoms with E-state index < -0.39 is 5.54 Å². The highest BCUT2D eigenvalue weighted by Gasteiger charge is 2.32. The molecule has 0 bridgehead atoms. The molecule has 108 valence electrons. The highest BCUT2D eigenvalue weighted by molar-refractivity contribution is 5.80. The minimum Gasteiger partial charge on any atom is -0.465 e. The Morgan fingerprint density at radius 3 is 2.63 bits per heavy atom. The van der Waals surface area contributed by atoms with Gasteiger partial charge in [0.05, 0.1) is 6.61 Å². The molecule has 6 heteroatoms. The van der Waals surface area contributed by atoms with Crippen LogP contribution in [0.15, 0.2) is 0 Å². The number of hydrogen-bond donors (Lipinski definition) is 1. The molecule has 1 N–H and O–H groups in total. The molecule has 19 heavy (non-hydrogen) atoms. The topological polar surface area (TPSA) is 69.0 Å². The van der Waals surface area contributed by atoms with E-state index in [0.29, 0.717) is 13.0 Å². The highest BCUT2D eigenvalue weighted by Crippen LogP contribution is 2.15. The monoisotopic (exact) mass is 268 g/mol. The smallest absolute Gasteiger partial charge is 0.326 e. The van der Waals surface area contributed by atoms with E-state index in [2.05, 4.69) is 15.4 Å². The molecule has 1 atom stereocenters. The molecule has 0 aliphatic rings. The van der Waals surface area contributed by atoms with Crippen LogP contribution in [0, 0.1) is 13.8 Å². The molecule has 1 heterocycles. The van der Waals surface area contributed by atoms with Gasteiger partial charge >= 0.3 is 5.97 Å². The molecule has 1 aromatic heterocycles. The van der Waals surface area contributed by atoms with E-state index >= 15 is 0 Å². The molecule has 0 aliphatic heterocycles. The summed E-state index contributed by atoms with van der Waals surface area (Å²) in [5, 5.41) is 7.36. The average Bonchev–Trinajstić information content (AvgIpc) is 2.68. The van der Waals surface area contributed by atoms with Gasteiger partial charge in [0.2, 0.25) is 0 Å². The lowest BCUT2D eigenvalue weighted by Gasteiger charge is -2.26. The Labute approximate surface area is 114 Å². The normalized spacial score (nSPS) is 14.2. The minimum atomic E-state index is -0.639. The molecule has 0 fully saturated rings. The molecule has 0 radical (unpaired) electrons. The Morgan fingerprint density at radius 2 is 2.16 bits per heavy atom. The Bertz CT molecular complexity index is 430. The molecule has 1 rings (SSSR count). The van der Waals surface area contributed by atoms with Crippen LogP contribution in [0.5, 0.6) is 0 Å². The zero-order valence-electron chi connectivity index (χ0n) is 12.5. The minimum absolute atomic E-state index is 0.205. The number of ether oxygens (including phenoxy) is 1. The fraction of sp³-hybridized carbons (Fsp3) is 0.769. The summed E-state index contributed by atoms with van der Waals surface area (Å²) >= 11 is 0. The summed E-state index contributed by atoms with van der Waals surface area (Å²) in [5.41, 5.74) is -0.639. The maximum Gasteiger partial charge on any atom is 0.326 e. The van der Waals surface area contributed by atoms with Crippen LogP contribution < -0.4 is 5.32 Å². The third-order valence-corrected chi connectivity index (χ3v) is 3.29. The number of carbonyl (C=O) groups is 1. The number of nitrogens with zero attached hydrogens (tertiary/aromatic N) is 3. The van der Waals surface area contributed by atoms with Gasteiger partial charge in [-0.1, -0.05) is 0 Å². The number of rotatable bonds is 7. The predicted octanol–water partition coefficient (Wildman–Crippen LogP) is 1.22. The quantitative estimate of drug-likeness (QED) is 0.753. The fourth-order valence-corrected chi connectivity index (χ4v) is 1.97. The van der Waals surface area contributed by atoms with E-state index in [1.165, 1.54) is 0 Å². The molecule has 0 spiro atoms. The summed E-state index contributed by atoms with van der Waals surface area (Å²) in [6, 6.07) is 0. The van der Waals surface area contributed by atoms with E-state index in [-0.39, 0.29) is 5.97 Å². The number of esters is 1. The number of likely N-dealkylation sites (N-methyl/N-ethyl adjacent to an activating group) is 1. The zero-order valence-corrected chi connectivity index (χ0v) is 12.5. The molecule has 0 saturated heterocycles. The van der Waals surface area contributed by atoms with Gasteiger partial charge in [-0.05, 0) is 47.6 Å². The van der Waals surface area contributed by atoms with Gasteiger partial charge < -0.3 is 10.1 Å². The van der Waals surface area contributed by atoms with Gasteiger partial charge in [0.25, 0.3) is 0 Å². The zero-order chi connectivity index (χ0) is 14.5. The van der Waals surface area contributed by atoms with Crippen molar-refractivity contribution in [3.8, 4) is 0 Å². The first-order valence-electron chi connectivity index (χ1n) is 6.67. The van der Waals surface area contributed by atoms with Gasteiger partial charge in [-0.25, -0.2) is 4.98 Å². The van der Waals surface area contributed by atoms with Crippen LogP contribution in [-0.4, -0.2) is 39.9 Å². The van der Waals surface area contributed by atoms with Crippen LogP contribution in [0.4, 0.5) is 0 Å². The molecule has 0 saturated carbocycles. The third-order valence-electron chi connectivity index (χ3n) is 3.29. The standard InChI is InChI=1S/C13H24N4O2/c1-6-19-12(18)13(4,14-5)8-7-9-17-11(3)15-10(2)16-17/h14H,6-9H2,1-5H3. The van der Waals surface area contributed by atoms with Crippen LogP contribution in [0.3, 0.4) is 0 Å². The number of aromatic nitrogens is 3. The van der Waals surface area contributed by atoms with Crippen molar-refractivity contribution < 1.29 is 9.53 Å². The van der Waals surface area contributed by atoms with Crippen molar-refractivity contribution in [3.05, 3.63) is 11.6 Å². The summed E-state index contributed by atoms with van der Waals surface area (Å²) in [4.78, 5) is 16.1. The second-order valence-electron chi connectivity index (χ2n) is 4.84. The van der Waals surface area contributed by atoms with Crippen molar-refractivity contribution in [1.29, 1.82) is 0 Å². The highest BCUT2D eigenvalue weighted by atomic mass is 16.5. The van der Waals surface area contributed by atoms with E-state index in [4.69, 9.17) is 4.74 Å². The number of aryl methyl sites for hydroxylation is 3. The Hall–Kier alpha value is -1.43. The predicted molar refractivity (Wildman–Crippen MR) is 72.8 cm³/mol. The Morgan fingerprint density at radius 1 is 1.47 bits per heavy atom. The average molecular weight is 268 g/mol. The summed E-state index contributed by atoms with van der Waals surface area (Å²) in [5.74, 6) is 1.48. The first kappa shape index (κ1) is 15.6. The van der Waals surface area contributed by atoms with Crippen LogP contribution in [-0.2, 0) is 16.1 Å². The first-order chi connectivity index (χ1) is 8.92. The summed E-state index contributed by atoms with van der Waals surface area (Å²) in [6.07, 6.45) is 1.53. The summed E-state index contributed by atoms with van der Waals surface area (Å²) in [6.45, 7) is 8.64. The largest absolute Gasteiger partial charge is 0.465 e. The van der Waals surface area contributed by atoms with E-state index in [0.717, 1.165) is 24.6 Å². The second kappa shape index (κ2) is 6.65. The molecule has 6 nitrogen and oxygen atoms in total. The van der Waals surface area contributed by atoms with Crippen molar-refractivity contribution in [2.24, 2.45) is 0 Å². The van der Waals surface area contributed by atoms with Crippen LogP contribution in [0.1, 0.15) is 38.3 Å². The molecule has 1 aromatic rings. The van der Waals surface area contributed by atoms with Gasteiger partial charge in [0.15, 0.2) is 0 Å². The van der Waals surface area contributed by atoms with Gasteiger partial charge in [-0.2, -0.15) is 5.10 Å². The van der Waals surface area contributed by atoms with Gasteiger partial charge in [-0.15, -0.1) is 0 Å². The van der Waals surface area contributed by atoms with Crippen LogP contribution in [0.25, 0.3) is 0 Å². The van der Waals surface area contributed by atoms with Crippen molar-refractivity contribution in [3.63, 3.8) is 0 Å². The summed E-state index contributed by atoms with van der Waals surface area (Å²) < 4.78 is 6.96. The number of nitrogens with one attached hydrogen (secondary N) is 1. The fourth-order valence-electron chi connectivity index (χ4n) is 1.97. The Balaban J connectivity index is 2.54. The van der Waals surface area contributed by atoms with E-state index in [1.54, 1.807) is 7.05 Å². The Kier molecular flexibility index (Phi) is 5.47. The van der Waals surface area contributed by atoms with Crippen LogP contribution >= 0.6 is 0 Å². The SMILES string of the molecule is CCOC(=O)C(C)(CCCn1nc(C)nc1C)NC. The number of carbonyl (C=O) groups excluding carboxylic acids is 1. The lowest BCUT2D eigenvalue weighted by Crippen LogP contribution is -2.48. The van der Waals surface area contributed by atoms with Gasteiger partial charge in [0.1, 0.15) is 17.2 Å². The second-order valence-corrected chi connectivity index (χ2v) is 4.84. The maximum absolute atomic E-state index is 11.9. The van der Waals surface area contributed by atoms with Crippen molar-refractivity contribution in [2.45, 2.75) is 52.6 Å². The lowest BCUT2D eigenvalue weighted by atomic mass is 9.96. The molecule has 1 unspecified atom stereocenters. The van der Waals surface area contributed by atoms with E-state index in [1.807, 2.05) is 32.4 Å². The van der Waals surface area contributed by atoms with E-state index in [9.17, 15) is 4.79 Å². The maximum atomic E-state index is 11.9. The van der Waals surface area contributed by atoms with Crippen molar-refractivity contribution in [2.75, 3.05) is 13.7 Å².